The number of likely N-dealkylation sites (tertiary alicyclic amines) is 1. The molecule has 1 amide bonds. The highest BCUT2D eigenvalue weighted by molar-refractivity contribution is 5.77. The van der Waals surface area contributed by atoms with E-state index in [4.69, 9.17) is 5.73 Å². The maximum atomic E-state index is 12.5. The van der Waals surface area contributed by atoms with Gasteiger partial charge in [0.25, 0.3) is 0 Å². The van der Waals surface area contributed by atoms with E-state index in [1.54, 1.807) is 0 Å². The van der Waals surface area contributed by atoms with Gasteiger partial charge in [-0.25, -0.2) is 0 Å². The fourth-order valence-electron chi connectivity index (χ4n) is 3.51. The first-order valence-electron chi connectivity index (χ1n) is 7.70. The molecule has 0 radical (unpaired) electrons. The first kappa shape index (κ1) is 13.9. The minimum atomic E-state index is 0.158. The third-order valence-electron chi connectivity index (χ3n) is 4.94. The summed E-state index contributed by atoms with van der Waals surface area (Å²) in [7, 11) is 0. The molecule has 2 aliphatic rings. The average Bonchev–Trinajstić information content (AvgIpc) is 2.35. The van der Waals surface area contributed by atoms with Crippen molar-refractivity contribution in [2.75, 3.05) is 13.1 Å². The summed E-state index contributed by atoms with van der Waals surface area (Å²) in [6.07, 6.45) is 10.3. The van der Waals surface area contributed by atoms with E-state index in [0.29, 0.717) is 24.9 Å². The summed E-state index contributed by atoms with van der Waals surface area (Å²) < 4.78 is 0. The van der Waals surface area contributed by atoms with Gasteiger partial charge in [-0.05, 0) is 50.5 Å². The van der Waals surface area contributed by atoms with Crippen molar-refractivity contribution in [3.63, 3.8) is 0 Å². The van der Waals surface area contributed by atoms with Crippen LogP contribution in [-0.4, -0.2) is 29.9 Å². The first-order valence-corrected chi connectivity index (χ1v) is 7.70. The molecule has 0 bridgehead atoms. The number of hydrogen-bond donors (Lipinski definition) is 1. The van der Waals surface area contributed by atoms with Crippen LogP contribution in [0.3, 0.4) is 0 Å². The summed E-state index contributed by atoms with van der Waals surface area (Å²) in [5.41, 5.74) is 6.03. The van der Waals surface area contributed by atoms with Crippen LogP contribution >= 0.6 is 0 Å². The molecule has 3 heteroatoms. The number of nitrogens with zero attached hydrogens (tertiary/aromatic N) is 1. The van der Waals surface area contributed by atoms with E-state index in [1.807, 2.05) is 0 Å². The zero-order valence-corrected chi connectivity index (χ0v) is 11.8. The quantitative estimate of drug-likeness (QED) is 0.817. The van der Waals surface area contributed by atoms with Crippen LogP contribution in [0.25, 0.3) is 0 Å². The predicted molar refractivity (Wildman–Crippen MR) is 74.2 cm³/mol. The molecule has 0 spiro atoms. The number of nitrogens with two attached hydrogens (primary N) is 1. The summed E-state index contributed by atoms with van der Waals surface area (Å²) in [5, 5.41) is 0. The lowest BCUT2D eigenvalue weighted by Gasteiger charge is -2.43. The largest absolute Gasteiger partial charge is 0.340 e. The van der Waals surface area contributed by atoms with Gasteiger partial charge in [0.2, 0.25) is 5.91 Å². The summed E-state index contributed by atoms with van der Waals surface area (Å²) in [6.45, 7) is 3.87. The molecule has 3 nitrogen and oxygen atoms in total. The van der Waals surface area contributed by atoms with Gasteiger partial charge in [-0.2, -0.15) is 0 Å². The Kier molecular flexibility index (Phi) is 4.66. The SMILES string of the molecule is CCCC1CCCCN1C(=O)CC1(CN)CCC1. The standard InChI is InChI=1S/C15H28N2O/c1-2-6-13-7-3-4-10-17(13)14(18)11-15(12-16)8-5-9-15/h13H,2-12,16H2,1H3. The van der Waals surface area contributed by atoms with Crippen LogP contribution in [0.5, 0.6) is 0 Å². The number of carbonyl (C=O) groups excluding carboxylic acids is 1. The van der Waals surface area contributed by atoms with E-state index in [-0.39, 0.29) is 5.41 Å². The van der Waals surface area contributed by atoms with Gasteiger partial charge in [-0.3, -0.25) is 4.79 Å². The third kappa shape index (κ3) is 2.87. The van der Waals surface area contributed by atoms with E-state index in [9.17, 15) is 4.79 Å². The molecule has 0 aromatic rings. The lowest BCUT2D eigenvalue weighted by Crippen LogP contribution is -2.48. The van der Waals surface area contributed by atoms with E-state index in [0.717, 1.165) is 19.4 Å². The van der Waals surface area contributed by atoms with Crippen LogP contribution in [0, 0.1) is 5.41 Å². The summed E-state index contributed by atoms with van der Waals surface area (Å²) in [6, 6.07) is 0.506. The Labute approximate surface area is 111 Å². The molecule has 104 valence electrons. The Balaban J connectivity index is 1.93. The van der Waals surface area contributed by atoms with Crippen molar-refractivity contribution in [2.45, 2.75) is 70.8 Å². The molecule has 1 heterocycles. The Morgan fingerprint density at radius 3 is 2.67 bits per heavy atom. The molecule has 1 saturated carbocycles. The van der Waals surface area contributed by atoms with E-state index < -0.39 is 0 Å². The monoisotopic (exact) mass is 252 g/mol. The highest BCUT2D eigenvalue weighted by atomic mass is 16.2. The third-order valence-corrected chi connectivity index (χ3v) is 4.94. The molecule has 1 aliphatic carbocycles. The Morgan fingerprint density at radius 1 is 1.33 bits per heavy atom. The van der Waals surface area contributed by atoms with Gasteiger partial charge in [0, 0.05) is 19.0 Å². The van der Waals surface area contributed by atoms with Gasteiger partial charge >= 0.3 is 0 Å². The number of hydrogen-bond acceptors (Lipinski definition) is 2. The maximum Gasteiger partial charge on any atom is 0.223 e. The average molecular weight is 252 g/mol. The van der Waals surface area contributed by atoms with Crippen LogP contribution in [0.4, 0.5) is 0 Å². The van der Waals surface area contributed by atoms with Gasteiger partial charge in [0.1, 0.15) is 0 Å². The molecule has 1 saturated heterocycles. The molecule has 2 rings (SSSR count). The van der Waals surface area contributed by atoms with Crippen molar-refractivity contribution < 1.29 is 4.79 Å². The normalized spacial score (nSPS) is 26.8. The summed E-state index contributed by atoms with van der Waals surface area (Å²) in [4.78, 5) is 14.7. The molecular formula is C15H28N2O. The van der Waals surface area contributed by atoms with Gasteiger partial charge in [-0.15, -0.1) is 0 Å². The zero-order chi connectivity index (χ0) is 13.0. The second-order valence-corrected chi connectivity index (χ2v) is 6.26. The molecule has 18 heavy (non-hydrogen) atoms. The van der Waals surface area contributed by atoms with Gasteiger partial charge in [0.05, 0.1) is 0 Å². The van der Waals surface area contributed by atoms with Gasteiger partial charge in [-0.1, -0.05) is 19.8 Å². The van der Waals surface area contributed by atoms with Crippen molar-refractivity contribution in [1.82, 2.24) is 4.90 Å². The molecule has 0 aromatic carbocycles. The minimum absolute atomic E-state index is 0.158. The van der Waals surface area contributed by atoms with Crippen LogP contribution in [0.1, 0.15) is 64.7 Å². The van der Waals surface area contributed by atoms with E-state index >= 15 is 0 Å². The highest BCUT2D eigenvalue weighted by Crippen LogP contribution is 2.43. The fourth-order valence-corrected chi connectivity index (χ4v) is 3.51. The molecule has 0 aromatic heterocycles. The zero-order valence-electron chi connectivity index (χ0n) is 11.8. The smallest absolute Gasteiger partial charge is 0.223 e. The molecule has 2 fully saturated rings. The van der Waals surface area contributed by atoms with Crippen molar-refractivity contribution in [2.24, 2.45) is 11.1 Å². The van der Waals surface area contributed by atoms with Crippen molar-refractivity contribution in [3.8, 4) is 0 Å². The summed E-state index contributed by atoms with van der Waals surface area (Å²) in [5.74, 6) is 0.373. The van der Waals surface area contributed by atoms with Gasteiger partial charge < -0.3 is 10.6 Å². The van der Waals surface area contributed by atoms with Crippen LogP contribution in [0.15, 0.2) is 0 Å². The molecule has 2 N–H and O–H groups in total. The number of rotatable bonds is 5. The second-order valence-electron chi connectivity index (χ2n) is 6.26. The topological polar surface area (TPSA) is 46.3 Å². The van der Waals surface area contributed by atoms with Crippen LogP contribution < -0.4 is 5.73 Å². The number of piperidine rings is 1. The first-order chi connectivity index (χ1) is 8.71. The summed E-state index contributed by atoms with van der Waals surface area (Å²) >= 11 is 0. The minimum Gasteiger partial charge on any atom is -0.340 e. The van der Waals surface area contributed by atoms with Crippen molar-refractivity contribution in [1.29, 1.82) is 0 Å². The molecular weight excluding hydrogens is 224 g/mol. The molecule has 1 atom stereocenters. The number of amides is 1. The Bertz CT molecular complexity index is 279. The molecule has 1 aliphatic heterocycles. The van der Waals surface area contributed by atoms with Gasteiger partial charge in [0.15, 0.2) is 0 Å². The predicted octanol–water partition coefficient (Wildman–Crippen LogP) is 2.69. The fraction of sp³-hybridized carbons (Fsp3) is 0.933. The highest BCUT2D eigenvalue weighted by Gasteiger charge is 2.39. The Morgan fingerprint density at radius 2 is 2.11 bits per heavy atom. The Hall–Kier alpha value is -0.570. The van der Waals surface area contributed by atoms with Crippen LogP contribution in [-0.2, 0) is 4.79 Å². The lowest BCUT2D eigenvalue weighted by atomic mass is 9.66. The van der Waals surface area contributed by atoms with Crippen LogP contribution in [0.2, 0.25) is 0 Å². The van der Waals surface area contributed by atoms with Crippen molar-refractivity contribution >= 4 is 5.91 Å². The van der Waals surface area contributed by atoms with Crippen molar-refractivity contribution in [3.05, 3.63) is 0 Å². The lowest BCUT2D eigenvalue weighted by molar-refractivity contribution is -0.139. The maximum absolute atomic E-state index is 12.5. The number of carbonyl (C=O) groups is 1. The van der Waals surface area contributed by atoms with E-state index in [2.05, 4.69) is 11.8 Å². The van der Waals surface area contributed by atoms with E-state index in [1.165, 1.54) is 38.5 Å². The molecule has 1 unspecified atom stereocenters. The second kappa shape index (κ2) is 6.05.